The third-order valence-corrected chi connectivity index (χ3v) is 4.19. The van der Waals surface area contributed by atoms with Crippen LogP contribution in [0.4, 0.5) is 0 Å². The fraction of sp³-hybridized carbons (Fsp3) is 0.533. The van der Waals surface area contributed by atoms with Crippen LogP contribution in [0.25, 0.3) is 0 Å². The Morgan fingerprint density at radius 2 is 2.00 bits per heavy atom. The minimum absolute atomic E-state index is 0.0179. The van der Waals surface area contributed by atoms with Crippen LogP contribution in [0, 0.1) is 5.92 Å². The Balaban J connectivity index is 1.87. The predicted molar refractivity (Wildman–Crippen MR) is 80.6 cm³/mol. The predicted octanol–water partition coefficient (Wildman–Crippen LogP) is 2.45. The zero-order chi connectivity index (χ0) is 14.5. The van der Waals surface area contributed by atoms with Crippen molar-refractivity contribution in [1.82, 2.24) is 4.90 Å². The summed E-state index contributed by atoms with van der Waals surface area (Å²) < 4.78 is 6.66. The van der Waals surface area contributed by atoms with E-state index in [1.807, 2.05) is 29.2 Å². The van der Waals surface area contributed by atoms with E-state index in [1.165, 1.54) is 0 Å². The quantitative estimate of drug-likeness (QED) is 0.914. The third-order valence-electron chi connectivity index (χ3n) is 3.66. The van der Waals surface area contributed by atoms with Crippen molar-refractivity contribution >= 4 is 21.8 Å². The highest BCUT2D eigenvalue weighted by molar-refractivity contribution is 9.10. The SMILES string of the molecule is C[C@H](Oc1ccc(Br)cc1)C(=O)N1CCC(CO)CC1. The summed E-state index contributed by atoms with van der Waals surface area (Å²) in [7, 11) is 0. The molecule has 0 spiro atoms. The fourth-order valence-corrected chi connectivity index (χ4v) is 2.63. The summed E-state index contributed by atoms with van der Waals surface area (Å²) in [6, 6.07) is 7.45. The van der Waals surface area contributed by atoms with Gasteiger partial charge in [-0.1, -0.05) is 15.9 Å². The molecule has 0 unspecified atom stereocenters. The molecule has 4 nitrogen and oxygen atoms in total. The van der Waals surface area contributed by atoms with Gasteiger partial charge in [-0.2, -0.15) is 0 Å². The van der Waals surface area contributed by atoms with Crippen LogP contribution >= 0.6 is 15.9 Å². The molecular formula is C15H20BrNO3. The Labute approximate surface area is 127 Å². The monoisotopic (exact) mass is 341 g/mol. The smallest absolute Gasteiger partial charge is 0.263 e. The molecule has 1 aliphatic heterocycles. The first kappa shape index (κ1) is 15.3. The van der Waals surface area contributed by atoms with Crippen molar-refractivity contribution in [2.24, 2.45) is 5.92 Å². The van der Waals surface area contributed by atoms with E-state index in [-0.39, 0.29) is 12.5 Å². The van der Waals surface area contributed by atoms with Crippen molar-refractivity contribution in [2.45, 2.75) is 25.9 Å². The molecule has 1 heterocycles. The van der Waals surface area contributed by atoms with Gasteiger partial charge < -0.3 is 14.7 Å². The normalized spacial score (nSPS) is 17.9. The molecule has 2 rings (SSSR count). The molecule has 5 heteroatoms. The Hall–Kier alpha value is -1.07. The summed E-state index contributed by atoms with van der Waals surface area (Å²) in [6.07, 6.45) is 1.25. The van der Waals surface area contributed by atoms with Gasteiger partial charge in [0, 0.05) is 24.2 Å². The molecule has 1 atom stereocenters. The van der Waals surface area contributed by atoms with E-state index in [0.717, 1.165) is 17.3 Å². The molecule has 1 fully saturated rings. The number of benzene rings is 1. The standard InChI is InChI=1S/C15H20BrNO3/c1-11(20-14-4-2-13(16)3-5-14)15(19)17-8-6-12(10-18)7-9-17/h2-5,11-12,18H,6-10H2,1H3/t11-/m0/s1. The topological polar surface area (TPSA) is 49.8 Å². The second kappa shape index (κ2) is 7.09. The molecule has 110 valence electrons. The molecule has 0 radical (unpaired) electrons. The second-order valence-corrected chi connectivity index (χ2v) is 6.08. The average Bonchev–Trinajstić information content (AvgIpc) is 2.49. The number of carbonyl (C=O) groups is 1. The first-order chi connectivity index (χ1) is 9.60. The van der Waals surface area contributed by atoms with Crippen molar-refractivity contribution in [3.8, 4) is 5.75 Å². The van der Waals surface area contributed by atoms with Gasteiger partial charge in [0.25, 0.3) is 5.91 Å². The molecular weight excluding hydrogens is 322 g/mol. The molecule has 0 saturated carbocycles. The largest absolute Gasteiger partial charge is 0.481 e. The number of hydrogen-bond acceptors (Lipinski definition) is 3. The highest BCUT2D eigenvalue weighted by Gasteiger charge is 2.26. The molecule has 1 aliphatic rings. The van der Waals surface area contributed by atoms with Crippen molar-refractivity contribution in [3.05, 3.63) is 28.7 Å². The molecule has 1 aromatic carbocycles. The highest BCUT2D eigenvalue weighted by atomic mass is 79.9. The van der Waals surface area contributed by atoms with E-state index < -0.39 is 6.10 Å². The van der Waals surface area contributed by atoms with Gasteiger partial charge >= 0.3 is 0 Å². The summed E-state index contributed by atoms with van der Waals surface area (Å²) >= 11 is 3.36. The van der Waals surface area contributed by atoms with Crippen LogP contribution in [0.5, 0.6) is 5.75 Å². The summed E-state index contributed by atoms with van der Waals surface area (Å²) in [6.45, 7) is 3.41. The summed E-state index contributed by atoms with van der Waals surface area (Å²) in [5.74, 6) is 1.05. The Morgan fingerprint density at radius 3 is 2.55 bits per heavy atom. The van der Waals surface area contributed by atoms with Gasteiger partial charge in [-0.3, -0.25) is 4.79 Å². The molecule has 1 saturated heterocycles. The first-order valence-electron chi connectivity index (χ1n) is 6.92. The summed E-state index contributed by atoms with van der Waals surface area (Å²) in [4.78, 5) is 14.1. The fourth-order valence-electron chi connectivity index (χ4n) is 2.36. The number of amides is 1. The van der Waals surface area contributed by atoms with Gasteiger partial charge in [-0.25, -0.2) is 0 Å². The first-order valence-corrected chi connectivity index (χ1v) is 7.71. The second-order valence-electron chi connectivity index (χ2n) is 5.17. The van der Waals surface area contributed by atoms with Crippen molar-refractivity contribution in [3.63, 3.8) is 0 Å². The van der Waals surface area contributed by atoms with E-state index in [4.69, 9.17) is 9.84 Å². The lowest BCUT2D eigenvalue weighted by Crippen LogP contribution is -2.45. The number of likely N-dealkylation sites (tertiary alicyclic amines) is 1. The van der Waals surface area contributed by atoms with Crippen LogP contribution in [0.1, 0.15) is 19.8 Å². The lowest BCUT2D eigenvalue weighted by molar-refractivity contribution is -0.139. The van der Waals surface area contributed by atoms with Gasteiger partial charge in [0.1, 0.15) is 5.75 Å². The van der Waals surface area contributed by atoms with Crippen LogP contribution in [0.3, 0.4) is 0 Å². The molecule has 0 aromatic heterocycles. The maximum atomic E-state index is 12.3. The Bertz CT molecular complexity index is 441. The lowest BCUT2D eigenvalue weighted by Gasteiger charge is -2.32. The van der Waals surface area contributed by atoms with E-state index >= 15 is 0 Å². The van der Waals surface area contributed by atoms with Crippen LogP contribution in [-0.2, 0) is 4.79 Å². The minimum atomic E-state index is -0.484. The number of hydrogen-bond donors (Lipinski definition) is 1. The highest BCUT2D eigenvalue weighted by Crippen LogP contribution is 2.20. The number of piperidine rings is 1. The molecule has 1 N–H and O–H groups in total. The van der Waals surface area contributed by atoms with Crippen LogP contribution in [0.2, 0.25) is 0 Å². The number of halogens is 1. The lowest BCUT2D eigenvalue weighted by atomic mass is 9.97. The van der Waals surface area contributed by atoms with Crippen molar-refractivity contribution < 1.29 is 14.6 Å². The van der Waals surface area contributed by atoms with E-state index in [0.29, 0.717) is 24.8 Å². The Morgan fingerprint density at radius 1 is 1.40 bits per heavy atom. The molecule has 0 aliphatic carbocycles. The summed E-state index contributed by atoms with van der Waals surface area (Å²) in [5, 5.41) is 9.11. The van der Waals surface area contributed by atoms with E-state index in [9.17, 15) is 4.79 Å². The zero-order valence-corrected chi connectivity index (χ0v) is 13.2. The van der Waals surface area contributed by atoms with Gasteiger partial charge in [0.05, 0.1) is 0 Å². The van der Waals surface area contributed by atoms with Gasteiger partial charge in [-0.05, 0) is 49.9 Å². The molecule has 1 aromatic rings. The van der Waals surface area contributed by atoms with E-state index in [2.05, 4.69) is 15.9 Å². The number of rotatable bonds is 4. The molecule has 20 heavy (non-hydrogen) atoms. The summed E-state index contributed by atoms with van der Waals surface area (Å²) in [5.41, 5.74) is 0. The van der Waals surface area contributed by atoms with Crippen LogP contribution < -0.4 is 4.74 Å². The minimum Gasteiger partial charge on any atom is -0.481 e. The Kier molecular flexibility index (Phi) is 5.43. The average molecular weight is 342 g/mol. The number of carbonyl (C=O) groups excluding carboxylic acids is 1. The van der Waals surface area contributed by atoms with Gasteiger partial charge in [-0.15, -0.1) is 0 Å². The van der Waals surface area contributed by atoms with Crippen molar-refractivity contribution in [1.29, 1.82) is 0 Å². The third kappa shape index (κ3) is 3.96. The van der Waals surface area contributed by atoms with E-state index in [1.54, 1.807) is 6.92 Å². The number of aliphatic hydroxyl groups excluding tert-OH is 1. The molecule has 0 bridgehead atoms. The number of ether oxygens (including phenoxy) is 1. The van der Waals surface area contributed by atoms with Crippen molar-refractivity contribution in [2.75, 3.05) is 19.7 Å². The maximum Gasteiger partial charge on any atom is 0.263 e. The number of nitrogens with zero attached hydrogens (tertiary/aromatic N) is 1. The van der Waals surface area contributed by atoms with Gasteiger partial charge in [0.15, 0.2) is 6.10 Å². The van der Waals surface area contributed by atoms with Crippen LogP contribution in [0.15, 0.2) is 28.7 Å². The maximum absolute atomic E-state index is 12.3. The number of aliphatic hydroxyl groups is 1. The van der Waals surface area contributed by atoms with Gasteiger partial charge in [0.2, 0.25) is 0 Å². The zero-order valence-electron chi connectivity index (χ0n) is 11.6. The van der Waals surface area contributed by atoms with Crippen LogP contribution in [-0.4, -0.2) is 41.7 Å². The molecule has 1 amide bonds.